The molecule has 0 bridgehead atoms. The molecule has 4 aromatic rings. The molecule has 0 unspecified atom stereocenters. The molecule has 0 atom stereocenters. The first-order chi connectivity index (χ1) is 12.6. The Morgan fingerprint density at radius 2 is 2.04 bits per heavy atom. The second kappa shape index (κ2) is 6.79. The Hall–Kier alpha value is -2.28. The Morgan fingerprint density at radius 3 is 2.85 bits per heavy atom. The zero-order chi connectivity index (χ0) is 18.3. The molecule has 0 fully saturated rings. The molecule has 4 nitrogen and oxygen atoms in total. The molecular weight excluding hydrogens is 373 g/mol. The fraction of sp³-hybridized carbons (Fsp3) is 0.158. The van der Waals surface area contributed by atoms with E-state index in [-0.39, 0.29) is 5.43 Å². The van der Waals surface area contributed by atoms with Crippen LogP contribution in [0, 0.1) is 5.82 Å². The first-order valence-corrected chi connectivity index (χ1v) is 9.37. The minimum absolute atomic E-state index is 0.218. The number of hydrogen-bond acceptors (Lipinski definition) is 5. The number of hydrogen-bond donors (Lipinski definition) is 2. The number of nitrogens with one attached hydrogen (secondary N) is 1. The number of anilines is 1. The number of benzene rings is 2. The van der Waals surface area contributed by atoms with Gasteiger partial charge in [-0.15, -0.1) is 11.3 Å². The average Bonchev–Trinajstić information content (AvgIpc) is 2.63. The van der Waals surface area contributed by atoms with Crippen LogP contribution in [-0.4, -0.2) is 18.1 Å². The third kappa shape index (κ3) is 2.90. The Balaban J connectivity index is 2.13. The van der Waals surface area contributed by atoms with Crippen LogP contribution >= 0.6 is 22.9 Å². The normalized spacial score (nSPS) is 11.5. The highest BCUT2D eigenvalue weighted by molar-refractivity contribution is 7.25. The van der Waals surface area contributed by atoms with Crippen LogP contribution in [-0.2, 0) is 0 Å². The summed E-state index contributed by atoms with van der Waals surface area (Å²) < 4.78 is 15.1. The van der Waals surface area contributed by atoms with Crippen LogP contribution in [0.2, 0.25) is 5.02 Å². The summed E-state index contributed by atoms with van der Waals surface area (Å²) in [5, 5.41) is 5.34. The molecule has 2 aromatic heterocycles. The van der Waals surface area contributed by atoms with Gasteiger partial charge >= 0.3 is 0 Å². The Kier molecular flexibility index (Phi) is 4.48. The number of aromatic nitrogens is 1. The highest BCUT2D eigenvalue weighted by atomic mass is 35.5. The third-order valence-electron chi connectivity index (χ3n) is 4.20. The van der Waals surface area contributed by atoms with Gasteiger partial charge in [0.1, 0.15) is 11.6 Å². The summed E-state index contributed by atoms with van der Waals surface area (Å²) in [5.74, 6) is 0.204. The van der Waals surface area contributed by atoms with Crippen molar-refractivity contribution >= 4 is 59.8 Å². The van der Waals surface area contributed by atoms with Gasteiger partial charge in [0.25, 0.3) is 0 Å². The number of pyridine rings is 1. The van der Waals surface area contributed by atoms with E-state index >= 15 is 0 Å². The zero-order valence-electron chi connectivity index (χ0n) is 13.7. The monoisotopic (exact) mass is 387 g/mol. The summed E-state index contributed by atoms with van der Waals surface area (Å²) in [6.07, 6.45) is 0.787. The highest BCUT2D eigenvalue weighted by Gasteiger charge is 2.15. The van der Waals surface area contributed by atoms with Gasteiger partial charge < -0.3 is 11.1 Å². The molecule has 0 aliphatic heterocycles. The van der Waals surface area contributed by atoms with E-state index in [0.29, 0.717) is 50.3 Å². The maximum atomic E-state index is 13.7. The quantitative estimate of drug-likeness (QED) is 0.307. The molecule has 26 heavy (non-hydrogen) atoms. The van der Waals surface area contributed by atoms with E-state index in [1.54, 1.807) is 24.3 Å². The van der Waals surface area contributed by atoms with E-state index in [9.17, 15) is 9.18 Å². The van der Waals surface area contributed by atoms with Crippen LogP contribution in [0.4, 0.5) is 10.2 Å². The standard InChI is InChI=1S/C19H15ClFN3OS/c20-10-2-4-14-12(8-10)16-17(25)13-9-11(21)3-5-15(13)26-18(16)19(24-14)23-7-1-6-22/h2-5,8-9H,1,6-7,22H2,(H,23,24). The highest BCUT2D eigenvalue weighted by Crippen LogP contribution is 2.35. The van der Waals surface area contributed by atoms with Gasteiger partial charge in [-0.3, -0.25) is 4.79 Å². The van der Waals surface area contributed by atoms with E-state index in [4.69, 9.17) is 17.3 Å². The van der Waals surface area contributed by atoms with E-state index < -0.39 is 5.82 Å². The second-order valence-corrected chi connectivity index (χ2v) is 7.46. The van der Waals surface area contributed by atoms with Gasteiger partial charge in [0.2, 0.25) is 0 Å². The Labute approximate surface area is 157 Å². The second-order valence-electron chi connectivity index (χ2n) is 5.97. The van der Waals surface area contributed by atoms with Gasteiger partial charge in [-0.2, -0.15) is 0 Å². The topological polar surface area (TPSA) is 68.0 Å². The molecule has 0 aliphatic rings. The zero-order valence-corrected chi connectivity index (χ0v) is 15.3. The van der Waals surface area contributed by atoms with Crippen molar-refractivity contribution in [2.45, 2.75) is 6.42 Å². The summed E-state index contributed by atoms with van der Waals surface area (Å²) >= 11 is 7.55. The number of nitrogens with zero attached hydrogens (tertiary/aromatic N) is 1. The lowest BCUT2D eigenvalue weighted by molar-refractivity contribution is 0.630. The largest absolute Gasteiger partial charge is 0.369 e. The summed E-state index contributed by atoms with van der Waals surface area (Å²) in [6.45, 7) is 1.21. The molecular formula is C19H15ClFN3OS. The van der Waals surface area contributed by atoms with Crippen molar-refractivity contribution in [3.63, 3.8) is 0 Å². The van der Waals surface area contributed by atoms with Gasteiger partial charge in [0.15, 0.2) is 5.43 Å². The first-order valence-electron chi connectivity index (χ1n) is 8.18. The van der Waals surface area contributed by atoms with Crippen molar-refractivity contribution in [2.24, 2.45) is 5.73 Å². The van der Waals surface area contributed by atoms with Crippen LogP contribution < -0.4 is 16.5 Å². The van der Waals surface area contributed by atoms with E-state index in [0.717, 1.165) is 11.1 Å². The van der Waals surface area contributed by atoms with Crippen molar-refractivity contribution in [3.8, 4) is 0 Å². The first kappa shape index (κ1) is 17.1. The van der Waals surface area contributed by atoms with Gasteiger partial charge in [-0.25, -0.2) is 9.37 Å². The van der Waals surface area contributed by atoms with Gasteiger partial charge in [-0.05, 0) is 49.4 Å². The Morgan fingerprint density at radius 1 is 1.19 bits per heavy atom. The van der Waals surface area contributed by atoms with Gasteiger partial charge in [-0.1, -0.05) is 11.6 Å². The number of halogens is 2. The molecule has 0 spiro atoms. The molecule has 2 aromatic carbocycles. The lowest BCUT2D eigenvalue weighted by atomic mass is 10.1. The van der Waals surface area contributed by atoms with E-state index in [1.807, 2.05) is 0 Å². The lowest BCUT2D eigenvalue weighted by Gasteiger charge is -2.12. The molecule has 0 radical (unpaired) electrons. The van der Waals surface area contributed by atoms with Crippen LogP contribution in [0.3, 0.4) is 0 Å². The number of rotatable bonds is 4. The molecule has 132 valence electrons. The molecule has 0 saturated heterocycles. The van der Waals surface area contributed by atoms with Crippen molar-refractivity contribution in [2.75, 3.05) is 18.4 Å². The third-order valence-corrected chi connectivity index (χ3v) is 5.61. The molecule has 7 heteroatoms. The van der Waals surface area contributed by atoms with Crippen LogP contribution in [0.5, 0.6) is 0 Å². The maximum absolute atomic E-state index is 13.7. The maximum Gasteiger partial charge on any atom is 0.196 e. The fourth-order valence-corrected chi connectivity index (χ4v) is 4.29. The average molecular weight is 388 g/mol. The minimum atomic E-state index is -0.432. The van der Waals surface area contributed by atoms with Crippen molar-refractivity contribution in [1.82, 2.24) is 4.98 Å². The van der Waals surface area contributed by atoms with Crippen LogP contribution in [0.25, 0.3) is 31.1 Å². The molecule has 0 saturated carbocycles. The molecule has 2 heterocycles. The van der Waals surface area contributed by atoms with E-state index in [1.165, 1.54) is 23.5 Å². The van der Waals surface area contributed by atoms with Crippen LogP contribution in [0.15, 0.2) is 41.2 Å². The summed E-state index contributed by atoms with van der Waals surface area (Å²) in [5.41, 5.74) is 6.01. The van der Waals surface area contributed by atoms with Crippen molar-refractivity contribution < 1.29 is 4.39 Å². The van der Waals surface area contributed by atoms with Crippen LogP contribution in [0.1, 0.15) is 6.42 Å². The van der Waals surface area contributed by atoms with Gasteiger partial charge in [0, 0.05) is 27.0 Å². The molecule has 0 amide bonds. The predicted molar refractivity (Wildman–Crippen MR) is 108 cm³/mol. The minimum Gasteiger partial charge on any atom is -0.369 e. The predicted octanol–water partition coefficient (Wildman–Crippen LogP) is 4.52. The SMILES string of the molecule is NCCCNc1nc2ccc(Cl)cc2c2c(=O)c3cc(F)ccc3sc12. The van der Waals surface area contributed by atoms with Gasteiger partial charge in [0.05, 0.1) is 15.6 Å². The van der Waals surface area contributed by atoms with Crippen molar-refractivity contribution in [3.05, 3.63) is 57.5 Å². The number of nitrogens with two attached hydrogens (primary N) is 1. The Bertz CT molecular complexity index is 1210. The smallest absolute Gasteiger partial charge is 0.196 e. The fourth-order valence-electron chi connectivity index (χ4n) is 2.98. The summed E-state index contributed by atoms with van der Waals surface area (Å²) in [6, 6.07) is 9.52. The molecule has 0 aliphatic carbocycles. The summed E-state index contributed by atoms with van der Waals surface area (Å²) in [7, 11) is 0. The number of fused-ring (bicyclic) bond motifs is 4. The van der Waals surface area contributed by atoms with Crippen molar-refractivity contribution in [1.29, 1.82) is 0 Å². The summed E-state index contributed by atoms with van der Waals surface area (Å²) in [4.78, 5) is 17.8. The lowest BCUT2D eigenvalue weighted by Crippen LogP contribution is -2.11. The molecule has 4 rings (SSSR count). The van der Waals surface area contributed by atoms with E-state index in [2.05, 4.69) is 10.3 Å². The molecule has 3 N–H and O–H groups in total.